The molecule has 0 radical (unpaired) electrons. The maximum atomic E-state index is 14.0. The van der Waals surface area contributed by atoms with Crippen LogP contribution >= 0.6 is 7.75 Å². The number of hydrogen-bond acceptors (Lipinski definition) is 15. The number of ether oxygens (including phenoxy) is 4. The van der Waals surface area contributed by atoms with Crippen LogP contribution in [0.25, 0.3) is 11.2 Å². The van der Waals surface area contributed by atoms with Crippen molar-refractivity contribution in [2.45, 2.75) is 97.5 Å². The predicted octanol–water partition coefficient (Wildman–Crippen LogP) is 1.87. The number of nitrogens with one attached hydrogen (secondary N) is 1. The molecule has 0 spiro atoms. The number of aliphatic hydroxyl groups excluding tert-OH is 1. The summed E-state index contributed by atoms with van der Waals surface area (Å²) in [4.78, 5) is 37.5. The van der Waals surface area contributed by atoms with Crippen LogP contribution < -0.4 is 15.6 Å². The zero-order valence-electron chi connectivity index (χ0n) is 26.7. The Morgan fingerprint density at radius 1 is 1.18 bits per heavy atom. The Balaban J connectivity index is 1.86. The van der Waals surface area contributed by atoms with Crippen LogP contribution in [0.2, 0.25) is 0 Å². The molecule has 1 saturated heterocycles. The van der Waals surface area contributed by atoms with E-state index in [1.54, 1.807) is 27.7 Å². The highest BCUT2D eigenvalue weighted by atomic mass is 31.2. The molecule has 17 nitrogen and oxygen atoms in total. The zero-order chi connectivity index (χ0) is 33.5. The minimum absolute atomic E-state index is 0.0789. The van der Waals surface area contributed by atoms with Crippen LogP contribution in [0.4, 0.5) is 5.95 Å². The Morgan fingerprint density at radius 2 is 1.89 bits per heavy atom. The number of anilines is 1. The number of nitrogens with zero attached hydrogens (tertiary/aromatic N) is 4. The zero-order valence-corrected chi connectivity index (χ0v) is 27.6. The molecule has 0 aromatic carbocycles. The molecule has 0 aliphatic carbocycles. The molecule has 254 valence electrons. The van der Waals surface area contributed by atoms with E-state index in [4.69, 9.17) is 33.7 Å². The fraction of sp³-hybridized carbons (Fsp3) is 0.741. The Hall–Kier alpha value is -2.92. The maximum Gasteiger partial charge on any atom is 0.406 e. The van der Waals surface area contributed by atoms with Crippen molar-refractivity contribution < 1.29 is 52.4 Å². The number of aromatic nitrogens is 4. The quantitative estimate of drug-likeness (QED) is 0.140. The standard InChI is InChI=1S/C27H45N6O11P/c1-8-39-23-20-22(30-26(28)31-23)33(14-29-20)25-27(7,37)21(35)18(44-25)12-41-45(38,42-13-19(34)43-16(5)6)32-17(11-10-15(3)4)24(36)40-9-2/h14-18,21,25,35,37H,8-13H2,1-7H3,(H,32,38)(H2,28,30,31)/t17?,18-,21-,25-,27-,45?/m1/s1. The highest BCUT2D eigenvalue weighted by molar-refractivity contribution is 7.51. The van der Waals surface area contributed by atoms with E-state index in [-0.39, 0.29) is 48.5 Å². The van der Waals surface area contributed by atoms with Gasteiger partial charge >= 0.3 is 19.7 Å². The van der Waals surface area contributed by atoms with Crippen molar-refractivity contribution in [3.63, 3.8) is 0 Å². The highest BCUT2D eigenvalue weighted by Crippen LogP contribution is 2.47. The predicted molar refractivity (Wildman–Crippen MR) is 160 cm³/mol. The van der Waals surface area contributed by atoms with Crippen molar-refractivity contribution in [3.8, 4) is 5.88 Å². The second-order valence-electron chi connectivity index (χ2n) is 11.4. The average molecular weight is 661 g/mol. The van der Waals surface area contributed by atoms with E-state index in [1.165, 1.54) is 17.8 Å². The monoisotopic (exact) mass is 660 g/mol. The first kappa shape index (κ1) is 36.5. The summed E-state index contributed by atoms with van der Waals surface area (Å²) in [5.74, 6) is -1.28. The van der Waals surface area contributed by atoms with E-state index in [1.807, 2.05) is 13.8 Å². The maximum absolute atomic E-state index is 14.0. The van der Waals surface area contributed by atoms with E-state index in [2.05, 4.69) is 20.0 Å². The Morgan fingerprint density at radius 3 is 2.51 bits per heavy atom. The summed E-state index contributed by atoms with van der Waals surface area (Å²) in [5, 5.41) is 25.0. The van der Waals surface area contributed by atoms with Gasteiger partial charge in [0.25, 0.3) is 0 Å². The third-order valence-corrected chi connectivity index (χ3v) is 8.33. The molecule has 2 aromatic rings. The highest BCUT2D eigenvalue weighted by Gasteiger charge is 2.54. The van der Waals surface area contributed by atoms with Crippen LogP contribution in [-0.4, -0.2) is 98.1 Å². The lowest BCUT2D eigenvalue weighted by Gasteiger charge is -2.27. The summed E-state index contributed by atoms with van der Waals surface area (Å²) < 4.78 is 48.1. The van der Waals surface area contributed by atoms with Gasteiger partial charge in [-0.2, -0.15) is 9.97 Å². The topological polar surface area (TPSA) is 229 Å². The van der Waals surface area contributed by atoms with Gasteiger partial charge < -0.3 is 34.9 Å². The Kier molecular flexibility index (Phi) is 12.7. The Bertz CT molecular complexity index is 1350. The van der Waals surface area contributed by atoms with E-state index in [0.717, 1.165) is 0 Å². The van der Waals surface area contributed by atoms with Gasteiger partial charge in [-0.15, -0.1) is 0 Å². The second-order valence-corrected chi connectivity index (χ2v) is 13.1. The molecule has 5 N–H and O–H groups in total. The van der Waals surface area contributed by atoms with Gasteiger partial charge in [-0.25, -0.2) is 19.4 Å². The number of carbonyl (C=O) groups is 2. The molecule has 1 aliphatic heterocycles. The molecule has 1 aliphatic rings. The molecule has 45 heavy (non-hydrogen) atoms. The lowest BCUT2D eigenvalue weighted by molar-refractivity contribution is -0.150. The van der Waals surface area contributed by atoms with Gasteiger partial charge in [-0.05, 0) is 53.4 Å². The van der Waals surface area contributed by atoms with E-state index < -0.39 is 69.1 Å². The van der Waals surface area contributed by atoms with Crippen LogP contribution in [0, 0.1) is 5.92 Å². The number of nitrogens with two attached hydrogens (primary N) is 1. The molecule has 3 heterocycles. The SMILES string of the molecule is CCOC(=O)C(CCC(C)C)NP(=O)(OCC(=O)OC(C)C)OC[C@H]1O[C@@H](n2cnc3c(OCC)nc(N)nc32)[C@](C)(O)[C@@H]1O. The summed E-state index contributed by atoms with van der Waals surface area (Å²) >= 11 is 0. The molecule has 2 aromatic heterocycles. The molecule has 2 unspecified atom stereocenters. The van der Waals surface area contributed by atoms with Crippen molar-refractivity contribution in [2.75, 3.05) is 32.2 Å². The van der Waals surface area contributed by atoms with Gasteiger partial charge in [-0.1, -0.05) is 13.8 Å². The van der Waals surface area contributed by atoms with Gasteiger partial charge in [0.15, 0.2) is 24.0 Å². The minimum Gasteiger partial charge on any atom is -0.476 e. The number of nitrogen functional groups attached to an aromatic ring is 1. The van der Waals surface area contributed by atoms with Crippen molar-refractivity contribution in [3.05, 3.63) is 6.33 Å². The van der Waals surface area contributed by atoms with E-state index >= 15 is 0 Å². The smallest absolute Gasteiger partial charge is 0.406 e. The molecular weight excluding hydrogens is 615 g/mol. The van der Waals surface area contributed by atoms with E-state index in [9.17, 15) is 24.4 Å². The van der Waals surface area contributed by atoms with Gasteiger partial charge in [0, 0.05) is 0 Å². The number of hydrogen-bond donors (Lipinski definition) is 4. The second kappa shape index (κ2) is 15.6. The molecule has 0 amide bonds. The molecule has 0 saturated carbocycles. The molecular formula is C27H45N6O11P. The van der Waals surface area contributed by atoms with Crippen molar-refractivity contribution in [1.29, 1.82) is 0 Å². The normalized spacial score (nSPS) is 23.8. The summed E-state index contributed by atoms with van der Waals surface area (Å²) in [6, 6.07) is -1.11. The number of carbonyl (C=O) groups excluding carboxylic acids is 2. The first-order valence-electron chi connectivity index (χ1n) is 14.8. The summed E-state index contributed by atoms with van der Waals surface area (Å²) in [7, 11) is -4.47. The van der Waals surface area contributed by atoms with E-state index in [0.29, 0.717) is 6.42 Å². The largest absolute Gasteiger partial charge is 0.476 e. The molecule has 3 rings (SSSR count). The van der Waals surface area contributed by atoms with Crippen molar-refractivity contribution in [1.82, 2.24) is 24.6 Å². The molecule has 18 heteroatoms. The van der Waals surface area contributed by atoms with Gasteiger partial charge in [0.1, 0.15) is 23.9 Å². The van der Waals surface area contributed by atoms with Crippen LogP contribution in [0.5, 0.6) is 5.88 Å². The van der Waals surface area contributed by atoms with Crippen molar-refractivity contribution >= 4 is 36.8 Å². The first-order valence-corrected chi connectivity index (χ1v) is 16.4. The number of aliphatic hydroxyl groups is 2. The van der Waals surface area contributed by atoms with Crippen LogP contribution in [-0.2, 0) is 37.4 Å². The lowest BCUT2D eigenvalue weighted by Crippen LogP contribution is -2.44. The van der Waals surface area contributed by atoms with Gasteiger partial charge in [0.2, 0.25) is 11.8 Å². The third-order valence-electron chi connectivity index (χ3n) is 6.74. The first-order chi connectivity index (χ1) is 21.1. The summed E-state index contributed by atoms with van der Waals surface area (Å²) in [6.45, 7) is 10.9. The van der Waals surface area contributed by atoms with Gasteiger partial charge in [0.05, 0.1) is 32.3 Å². The van der Waals surface area contributed by atoms with Gasteiger partial charge in [-0.3, -0.25) is 18.4 Å². The number of esters is 2. The average Bonchev–Trinajstić information content (AvgIpc) is 3.46. The number of imidazole rings is 1. The number of fused-ring (bicyclic) bond motifs is 1. The van der Waals surface area contributed by atoms with Crippen LogP contribution in [0.15, 0.2) is 6.33 Å². The van der Waals surface area contributed by atoms with Crippen LogP contribution in [0.3, 0.4) is 0 Å². The fourth-order valence-electron chi connectivity index (χ4n) is 4.58. The van der Waals surface area contributed by atoms with Crippen molar-refractivity contribution in [2.24, 2.45) is 5.92 Å². The minimum atomic E-state index is -4.47. The third kappa shape index (κ3) is 9.31. The molecule has 6 atom stereocenters. The van der Waals surface area contributed by atoms with Crippen LogP contribution in [0.1, 0.15) is 67.5 Å². The molecule has 1 fully saturated rings. The summed E-state index contributed by atoms with van der Waals surface area (Å²) in [6.07, 6.45) is -2.45. The number of rotatable bonds is 17. The fourth-order valence-corrected chi connectivity index (χ4v) is 6.04. The molecule has 0 bridgehead atoms. The lowest BCUT2D eigenvalue weighted by atomic mass is 9.96. The summed E-state index contributed by atoms with van der Waals surface area (Å²) in [5.41, 5.74) is 4.35. The Labute approximate surface area is 261 Å².